The summed E-state index contributed by atoms with van der Waals surface area (Å²) in [7, 11) is 0. The van der Waals surface area contributed by atoms with Gasteiger partial charge < -0.3 is 10.1 Å². The van der Waals surface area contributed by atoms with Crippen LogP contribution in [0.3, 0.4) is 0 Å². The van der Waals surface area contributed by atoms with E-state index in [1.165, 1.54) is 38.5 Å². The zero-order valence-corrected chi connectivity index (χ0v) is 15.9. The van der Waals surface area contributed by atoms with Crippen molar-refractivity contribution in [2.45, 2.75) is 38.5 Å². The number of carbonyl (C=O) groups excluding carboxylic acids is 2. The highest BCUT2D eigenvalue weighted by atomic mass is 79.9. The summed E-state index contributed by atoms with van der Waals surface area (Å²) in [5.74, 6) is 1.96. The van der Waals surface area contributed by atoms with Gasteiger partial charge in [0.15, 0.2) is 6.61 Å². The van der Waals surface area contributed by atoms with Crippen molar-refractivity contribution < 1.29 is 14.3 Å². The van der Waals surface area contributed by atoms with E-state index in [1.54, 1.807) is 18.2 Å². The van der Waals surface area contributed by atoms with Crippen LogP contribution in [0.25, 0.3) is 0 Å². The van der Waals surface area contributed by atoms with E-state index in [2.05, 4.69) is 21.2 Å². The molecule has 5 heteroatoms. The van der Waals surface area contributed by atoms with E-state index in [-0.39, 0.29) is 12.5 Å². The summed E-state index contributed by atoms with van der Waals surface area (Å²) in [5.41, 5.74) is 0.752. The molecule has 25 heavy (non-hydrogen) atoms. The summed E-state index contributed by atoms with van der Waals surface area (Å²) in [4.78, 5) is 24.1. The Hall–Kier alpha value is -1.36. The SMILES string of the molecule is O=C(COC(=O)c1cccc(Br)c1)NCC12CC3CC(CC(C3)C1)C2. The molecule has 134 valence electrons. The van der Waals surface area contributed by atoms with E-state index in [9.17, 15) is 9.59 Å². The molecule has 0 radical (unpaired) electrons. The van der Waals surface area contributed by atoms with E-state index in [0.29, 0.717) is 11.0 Å². The van der Waals surface area contributed by atoms with Crippen LogP contribution in [-0.4, -0.2) is 25.0 Å². The van der Waals surface area contributed by atoms with E-state index in [0.717, 1.165) is 28.8 Å². The number of benzene rings is 1. The van der Waals surface area contributed by atoms with Gasteiger partial charge in [0.25, 0.3) is 5.91 Å². The summed E-state index contributed by atoms with van der Waals surface area (Å²) in [6.07, 6.45) is 7.98. The van der Waals surface area contributed by atoms with Crippen LogP contribution in [0.15, 0.2) is 28.7 Å². The first-order chi connectivity index (χ1) is 12.0. The molecule has 0 unspecified atom stereocenters. The van der Waals surface area contributed by atoms with Gasteiger partial charge in [-0.2, -0.15) is 0 Å². The summed E-state index contributed by atoms with van der Waals surface area (Å²) >= 11 is 3.32. The summed E-state index contributed by atoms with van der Waals surface area (Å²) in [6.45, 7) is 0.529. The summed E-state index contributed by atoms with van der Waals surface area (Å²) in [6, 6.07) is 6.98. The van der Waals surface area contributed by atoms with Gasteiger partial charge in [-0.15, -0.1) is 0 Å². The van der Waals surface area contributed by atoms with Crippen molar-refractivity contribution in [3.05, 3.63) is 34.3 Å². The normalized spacial score (nSPS) is 32.4. The molecule has 1 N–H and O–H groups in total. The molecule has 1 amide bonds. The maximum atomic E-state index is 12.1. The van der Waals surface area contributed by atoms with Crippen molar-refractivity contribution in [3.63, 3.8) is 0 Å². The van der Waals surface area contributed by atoms with Crippen molar-refractivity contribution in [2.75, 3.05) is 13.2 Å². The van der Waals surface area contributed by atoms with Crippen molar-refractivity contribution in [3.8, 4) is 0 Å². The Morgan fingerprint density at radius 3 is 2.36 bits per heavy atom. The number of rotatable bonds is 5. The average molecular weight is 406 g/mol. The average Bonchev–Trinajstić information content (AvgIpc) is 2.57. The second kappa shape index (κ2) is 6.75. The minimum absolute atomic E-state index is 0.195. The maximum absolute atomic E-state index is 12.1. The van der Waals surface area contributed by atoms with Crippen LogP contribution in [0, 0.1) is 23.2 Å². The highest BCUT2D eigenvalue weighted by Gasteiger charge is 2.50. The van der Waals surface area contributed by atoms with Gasteiger partial charge in [0.05, 0.1) is 5.56 Å². The first-order valence-corrected chi connectivity index (χ1v) is 10.00. The lowest BCUT2D eigenvalue weighted by atomic mass is 9.49. The molecule has 0 aliphatic heterocycles. The number of halogens is 1. The number of ether oxygens (including phenoxy) is 1. The first-order valence-electron chi connectivity index (χ1n) is 9.21. The zero-order chi connectivity index (χ0) is 17.4. The number of nitrogens with one attached hydrogen (secondary N) is 1. The van der Waals surface area contributed by atoms with Gasteiger partial charge in [0, 0.05) is 11.0 Å². The van der Waals surface area contributed by atoms with Crippen molar-refractivity contribution in [2.24, 2.45) is 23.2 Å². The van der Waals surface area contributed by atoms with Gasteiger partial charge in [0.1, 0.15) is 0 Å². The molecule has 4 aliphatic carbocycles. The predicted octanol–water partition coefficient (Wildman–Crippen LogP) is 3.94. The van der Waals surface area contributed by atoms with Gasteiger partial charge in [-0.1, -0.05) is 22.0 Å². The second-order valence-electron chi connectivity index (χ2n) is 8.28. The van der Waals surface area contributed by atoms with Crippen LogP contribution < -0.4 is 5.32 Å². The number of esters is 1. The minimum atomic E-state index is -0.466. The molecular weight excluding hydrogens is 382 g/mol. The lowest BCUT2D eigenvalue weighted by Crippen LogP contribution is -2.51. The lowest BCUT2D eigenvalue weighted by molar-refractivity contribution is -0.126. The van der Waals surface area contributed by atoms with E-state index in [1.807, 2.05) is 6.07 Å². The molecule has 1 aromatic carbocycles. The molecule has 4 bridgehead atoms. The third kappa shape index (κ3) is 3.76. The molecule has 1 aromatic rings. The molecular formula is C20H24BrNO3. The number of hydrogen-bond donors (Lipinski definition) is 1. The molecule has 0 aromatic heterocycles. The van der Waals surface area contributed by atoms with Gasteiger partial charge in [-0.25, -0.2) is 4.79 Å². The standard InChI is InChI=1S/C20H24BrNO3/c21-17-3-1-2-16(7-17)19(24)25-11-18(23)22-12-20-8-13-4-14(9-20)6-15(5-13)10-20/h1-3,7,13-15H,4-6,8-12H2,(H,22,23). The van der Waals surface area contributed by atoms with E-state index in [4.69, 9.17) is 4.74 Å². The molecule has 5 rings (SSSR count). The van der Waals surface area contributed by atoms with Gasteiger partial charge in [0.2, 0.25) is 0 Å². The molecule has 0 atom stereocenters. The third-order valence-electron chi connectivity index (χ3n) is 6.22. The van der Waals surface area contributed by atoms with Crippen LogP contribution in [-0.2, 0) is 9.53 Å². The van der Waals surface area contributed by atoms with E-state index >= 15 is 0 Å². The van der Waals surface area contributed by atoms with Crippen LogP contribution in [0.5, 0.6) is 0 Å². The Balaban J connectivity index is 1.26. The Morgan fingerprint density at radius 2 is 1.76 bits per heavy atom. The van der Waals surface area contributed by atoms with Crippen LogP contribution in [0.1, 0.15) is 48.9 Å². The zero-order valence-electron chi connectivity index (χ0n) is 14.3. The fraction of sp³-hybridized carbons (Fsp3) is 0.600. The van der Waals surface area contributed by atoms with Crippen LogP contribution in [0.2, 0.25) is 0 Å². The monoisotopic (exact) mass is 405 g/mol. The fourth-order valence-corrected chi connectivity index (χ4v) is 6.07. The molecule has 4 aliphatic rings. The summed E-state index contributed by atoms with van der Waals surface area (Å²) in [5, 5.41) is 3.03. The Kier molecular flexibility index (Phi) is 4.61. The highest BCUT2D eigenvalue weighted by Crippen LogP contribution is 2.59. The number of hydrogen-bond acceptors (Lipinski definition) is 3. The van der Waals surface area contributed by atoms with Crippen molar-refractivity contribution in [1.29, 1.82) is 0 Å². The van der Waals surface area contributed by atoms with Gasteiger partial charge >= 0.3 is 5.97 Å². The van der Waals surface area contributed by atoms with Gasteiger partial charge in [-0.3, -0.25) is 4.79 Å². The molecule has 0 spiro atoms. The number of amides is 1. The molecule has 4 saturated carbocycles. The fourth-order valence-electron chi connectivity index (χ4n) is 5.67. The number of carbonyl (C=O) groups is 2. The van der Waals surface area contributed by atoms with Crippen LogP contribution >= 0.6 is 15.9 Å². The maximum Gasteiger partial charge on any atom is 0.338 e. The van der Waals surface area contributed by atoms with Gasteiger partial charge in [-0.05, 0) is 79.9 Å². The molecule has 4 fully saturated rings. The van der Waals surface area contributed by atoms with E-state index < -0.39 is 5.97 Å². The Labute approximate surface area is 156 Å². The topological polar surface area (TPSA) is 55.4 Å². The lowest BCUT2D eigenvalue weighted by Gasteiger charge is -2.56. The predicted molar refractivity (Wildman–Crippen MR) is 98.0 cm³/mol. The van der Waals surface area contributed by atoms with Crippen LogP contribution in [0.4, 0.5) is 0 Å². The third-order valence-corrected chi connectivity index (χ3v) is 6.71. The molecule has 4 nitrogen and oxygen atoms in total. The second-order valence-corrected chi connectivity index (χ2v) is 9.20. The summed E-state index contributed by atoms with van der Waals surface area (Å²) < 4.78 is 5.96. The van der Waals surface area contributed by atoms with Crippen molar-refractivity contribution in [1.82, 2.24) is 5.32 Å². The Morgan fingerprint density at radius 1 is 1.12 bits per heavy atom. The first kappa shape index (κ1) is 17.1. The smallest absolute Gasteiger partial charge is 0.338 e. The van der Waals surface area contributed by atoms with Crippen molar-refractivity contribution >= 4 is 27.8 Å². The minimum Gasteiger partial charge on any atom is -0.452 e. The largest absolute Gasteiger partial charge is 0.452 e. The highest BCUT2D eigenvalue weighted by molar-refractivity contribution is 9.10. The molecule has 0 saturated heterocycles. The molecule has 0 heterocycles. The Bertz CT molecular complexity index is 652. The quantitative estimate of drug-likeness (QED) is 0.754.